The fourth-order valence-corrected chi connectivity index (χ4v) is 3.68. The highest BCUT2D eigenvalue weighted by molar-refractivity contribution is 7.09. The van der Waals surface area contributed by atoms with Crippen molar-refractivity contribution in [2.75, 3.05) is 11.4 Å². The molecule has 1 amide bonds. The van der Waals surface area contributed by atoms with Crippen LogP contribution in [0.2, 0.25) is 0 Å². The molecule has 0 saturated carbocycles. The second kappa shape index (κ2) is 6.58. The zero-order valence-electron chi connectivity index (χ0n) is 11.7. The van der Waals surface area contributed by atoms with Crippen LogP contribution in [-0.4, -0.2) is 17.4 Å². The first-order valence-electron chi connectivity index (χ1n) is 7.15. The van der Waals surface area contributed by atoms with Gasteiger partial charge in [0, 0.05) is 30.5 Å². The van der Waals surface area contributed by atoms with E-state index < -0.39 is 0 Å². The number of hydrogen-bond donors (Lipinski definition) is 0. The minimum Gasteiger partial charge on any atom is -0.312 e. The minimum atomic E-state index is 0.217. The van der Waals surface area contributed by atoms with Crippen molar-refractivity contribution in [2.24, 2.45) is 0 Å². The molecule has 0 spiro atoms. The van der Waals surface area contributed by atoms with E-state index in [1.807, 2.05) is 28.5 Å². The Hall–Kier alpha value is -1.39. The summed E-state index contributed by atoms with van der Waals surface area (Å²) in [5.74, 6) is 0.663. The number of rotatable bonds is 4. The lowest BCUT2D eigenvalue weighted by Crippen LogP contribution is -2.32. The van der Waals surface area contributed by atoms with Crippen LogP contribution in [0.3, 0.4) is 0 Å². The van der Waals surface area contributed by atoms with Gasteiger partial charge in [-0.1, -0.05) is 18.2 Å². The van der Waals surface area contributed by atoms with Crippen LogP contribution in [0.4, 0.5) is 5.69 Å². The smallest absolute Gasteiger partial charge is 0.227 e. The van der Waals surface area contributed by atoms with Gasteiger partial charge in [0.1, 0.15) is 0 Å². The highest BCUT2D eigenvalue weighted by Crippen LogP contribution is 2.27. The average molecular weight is 321 g/mol. The second-order valence-electron chi connectivity index (χ2n) is 5.14. The van der Waals surface area contributed by atoms with E-state index in [0.717, 1.165) is 35.7 Å². The number of alkyl halides is 1. The van der Waals surface area contributed by atoms with Gasteiger partial charge in [-0.15, -0.1) is 22.9 Å². The van der Waals surface area contributed by atoms with Crippen LogP contribution in [0.15, 0.2) is 29.6 Å². The number of benzene rings is 1. The molecule has 0 bridgehead atoms. The molecule has 3 nitrogen and oxygen atoms in total. The van der Waals surface area contributed by atoms with Crippen molar-refractivity contribution in [1.29, 1.82) is 0 Å². The van der Waals surface area contributed by atoms with Crippen LogP contribution in [0, 0.1) is 0 Å². The van der Waals surface area contributed by atoms with Gasteiger partial charge in [0.25, 0.3) is 0 Å². The number of anilines is 1. The van der Waals surface area contributed by atoms with Crippen LogP contribution >= 0.6 is 22.9 Å². The second-order valence-corrected chi connectivity index (χ2v) is 6.35. The molecule has 0 atom stereocenters. The molecule has 2 aromatic rings. The van der Waals surface area contributed by atoms with Crippen molar-refractivity contribution in [2.45, 2.75) is 31.6 Å². The van der Waals surface area contributed by atoms with E-state index in [2.05, 4.69) is 11.1 Å². The Morgan fingerprint density at radius 1 is 1.29 bits per heavy atom. The summed E-state index contributed by atoms with van der Waals surface area (Å²) in [4.78, 5) is 18.7. The molecule has 21 heavy (non-hydrogen) atoms. The number of hydrogen-bond acceptors (Lipinski definition) is 3. The molecular formula is C16H17ClN2OS. The van der Waals surface area contributed by atoms with E-state index in [1.165, 1.54) is 5.56 Å². The van der Waals surface area contributed by atoms with Crippen molar-refractivity contribution in [3.8, 4) is 0 Å². The van der Waals surface area contributed by atoms with Crippen molar-refractivity contribution in [1.82, 2.24) is 4.98 Å². The van der Waals surface area contributed by atoms with Gasteiger partial charge in [0.15, 0.2) is 0 Å². The maximum absolute atomic E-state index is 12.3. The Morgan fingerprint density at radius 3 is 2.95 bits per heavy atom. The predicted octanol–water partition coefficient (Wildman–Crippen LogP) is 3.79. The topological polar surface area (TPSA) is 33.2 Å². The highest BCUT2D eigenvalue weighted by Gasteiger charge is 2.21. The summed E-state index contributed by atoms with van der Waals surface area (Å²) in [7, 11) is 0. The number of carbonyl (C=O) groups excluding carboxylic acids is 1. The van der Waals surface area contributed by atoms with Crippen molar-refractivity contribution < 1.29 is 4.79 Å². The Bertz CT molecular complexity index is 641. The summed E-state index contributed by atoms with van der Waals surface area (Å²) >= 11 is 7.40. The zero-order chi connectivity index (χ0) is 14.7. The summed E-state index contributed by atoms with van der Waals surface area (Å²) in [6.07, 6.45) is 3.31. The van der Waals surface area contributed by atoms with Gasteiger partial charge in [-0.25, -0.2) is 4.98 Å². The molecular weight excluding hydrogens is 304 g/mol. The molecule has 5 heteroatoms. The first kappa shape index (κ1) is 14.5. The third-order valence-electron chi connectivity index (χ3n) is 3.71. The molecule has 1 aromatic carbocycles. The van der Waals surface area contributed by atoms with E-state index in [4.69, 9.17) is 11.6 Å². The van der Waals surface area contributed by atoms with Crippen LogP contribution in [0.25, 0.3) is 0 Å². The summed E-state index contributed by atoms with van der Waals surface area (Å²) in [5, 5.41) is 3.03. The monoisotopic (exact) mass is 320 g/mol. The number of aryl methyl sites for hydroxylation is 1. The first-order chi connectivity index (χ1) is 10.3. The molecule has 0 unspecified atom stereocenters. The predicted molar refractivity (Wildman–Crippen MR) is 87.1 cm³/mol. The maximum Gasteiger partial charge on any atom is 0.227 e. The summed E-state index contributed by atoms with van der Waals surface area (Å²) in [6.45, 7) is 0.686. The molecule has 0 aliphatic carbocycles. The lowest BCUT2D eigenvalue weighted by atomic mass is 10.1. The minimum absolute atomic E-state index is 0.217. The van der Waals surface area contributed by atoms with Gasteiger partial charge in [-0.05, 0) is 24.5 Å². The SMILES string of the molecule is O=C1CCCc2ccccc2N1CCc1nc(CCl)cs1. The molecule has 110 valence electrons. The fourth-order valence-electron chi connectivity index (χ4n) is 2.66. The van der Waals surface area contributed by atoms with E-state index in [9.17, 15) is 4.79 Å². The maximum atomic E-state index is 12.3. The van der Waals surface area contributed by atoms with Crippen molar-refractivity contribution in [3.05, 3.63) is 45.9 Å². The van der Waals surface area contributed by atoms with Crippen molar-refractivity contribution in [3.63, 3.8) is 0 Å². The third-order valence-corrected chi connectivity index (χ3v) is 4.94. The fraction of sp³-hybridized carbons (Fsp3) is 0.375. The summed E-state index contributed by atoms with van der Waals surface area (Å²) < 4.78 is 0. The molecule has 2 heterocycles. The number of halogens is 1. The van der Waals surface area contributed by atoms with Gasteiger partial charge in [0.2, 0.25) is 5.91 Å². The quantitative estimate of drug-likeness (QED) is 0.803. The molecule has 1 aromatic heterocycles. The van der Waals surface area contributed by atoms with Crippen LogP contribution in [0.5, 0.6) is 0 Å². The highest BCUT2D eigenvalue weighted by atomic mass is 35.5. The number of thiazole rings is 1. The number of fused-ring (bicyclic) bond motifs is 1. The van der Waals surface area contributed by atoms with Crippen LogP contribution in [-0.2, 0) is 23.5 Å². The molecule has 1 aliphatic rings. The van der Waals surface area contributed by atoms with E-state index in [1.54, 1.807) is 11.3 Å². The first-order valence-corrected chi connectivity index (χ1v) is 8.57. The average Bonchev–Trinajstić information content (AvgIpc) is 2.90. The number of amides is 1. The Kier molecular flexibility index (Phi) is 4.56. The molecule has 3 rings (SSSR count). The Morgan fingerprint density at radius 2 is 2.14 bits per heavy atom. The van der Waals surface area contributed by atoms with Gasteiger partial charge in [-0.2, -0.15) is 0 Å². The number of carbonyl (C=O) groups is 1. The Labute approximate surface area is 133 Å². The van der Waals surface area contributed by atoms with E-state index >= 15 is 0 Å². The summed E-state index contributed by atoms with van der Waals surface area (Å²) in [5.41, 5.74) is 3.25. The largest absolute Gasteiger partial charge is 0.312 e. The van der Waals surface area contributed by atoms with Crippen LogP contribution in [0.1, 0.15) is 29.1 Å². The van der Waals surface area contributed by atoms with Gasteiger partial charge in [0.05, 0.1) is 16.6 Å². The van der Waals surface area contributed by atoms with Crippen molar-refractivity contribution >= 4 is 34.5 Å². The molecule has 0 saturated heterocycles. The lowest BCUT2D eigenvalue weighted by molar-refractivity contribution is -0.118. The standard InChI is InChI=1S/C16H17ClN2OS/c17-10-13-11-21-15(18-13)8-9-19-14-6-2-1-4-12(14)5-3-7-16(19)20/h1-2,4,6,11H,3,5,7-10H2. The zero-order valence-corrected chi connectivity index (χ0v) is 13.3. The van der Waals surface area contributed by atoms with E-state index in [0.29, 0.717) is 18.8 Å². The molecule has 0 radical (unpaired) electrons. The van der Waals surface area contributed by atoms with Crippen LogP contribution < -0.4 is 4.90 Å². The van der Waals surface area contributed by atoms with E-state index in [-0.39, 0.29) is 5.91 Å². The number of nitrogens with zero attached hydrogens (tertiary/aromatic N) is 2. The molecule has 1 aliphatic heterocycles. The number of para-hydroxylation sites is 1. The summed E-state index contributed by atoms with van der Waals surface area (Å²) in [6, 6.07) is 8.21. The van der Waals surface area contributed by atoms with Gasteiger partial charge >= 0.3 is 0 Å². The third kappa shape index (κ3) is 3.27. The molecule has 0 N–H and O–H groups in total. The lowest BCUT2D eigenvalue weighted by Gasteiger charge is -2.22. The number of aromatic nitrogens is 1. The van der Waals surface area contributed by atoms with Gasteiger partial charge < -0.3 is 4.90 Å². The molecule has 0 fully saturated rings. The normalized spacial score (nSPS) is 14.9. The van der Waals surface area contributed by atoms with Gasteiger partial charge in [-0.3, -0.25) is 4.79 Å². The Balaban J connectivity index is 1.78.